The van der Waals surface area contributed by atoms with Crippen LogP contribution in [0.5, 0.6) is 0 Å². The molecule has 1 N–H and O–H groups in total. The molecule has 0 aromatic rings. The van der Waals surface area contributed by atoms with E-state index in [-0.39, 0.29) is 5.54 Å². The average molecular weight is 256 g/mol. The molecule has 17 heavy (non-hydrogen) atoms. The number of nitrogens with zero attached hydrogens (tertiary/aromatic N) is 1. The first-order chi connectivity index (χ1) is 7.93. The van der Waals surface area contributed by atoms with E-state index in [1.807, 2.05) is 11.8 Å². The molecule has 0 radical (unpaired) electrons. The fourth-order valence-corrected chi connectivity index (χ4v) is 3.75. The maximum atomic E-state index is 12.5. The molecule has 1 atom stereocenters. The van der Waals surface area contributed by atoms with E-state index in [2.05, 4.69) is 31.0 Å². The van der Waals surface area contributed by atoms with Crippen molar-refractivity contribution in [1.82, 2.24) is 10.2 Å². The van der Waals surface area contributed by atoms with Crippen molar-refractivity contribution in [2.75, 3.05) is 25.4 Å². The summed E-state index contributed by atoms with van der Waals surface area (Å²) in [7, 11) is 0. The van der Waals surface area contributed by atoms with Gasteiger partial charge in [-0.15, -0.1) is 0 Å². The molecule has 98 valence electrons. The fraction of sp³-hybridized carbons (Fsp3) is 0.923. The Balaban J connectivity index is 2.00. The van der Waals surface area contributed by atoms with Crippen LogP contribution in [0.15, 0.2) is 0 Å². The summed E-state index contributed by atoms with van der Waals surface area (Å²) >= 11 is 1.99. The molecule has 2 aliphatic heterocycles. The van der Waals surface area contributed by atoms with Crippen molar-refractivity contribution < 1.29 is 4.79 Å². The van der Waals surface area contributed by atoms with E-state index >= 15 is 0 Å². The van der Waals surface area contributed by atoms with Crippen LogP contribution in [0.4, 0.5) is 0 Å². The number of hydrogen-bond donors (Lipinski definition) is 1. The third kappa shape index (κ3) is 2.97. The third-order valence-electron chi connectivity index (χ3n) is 3.97. The quantitative estimate of drug-likeness (QED) is 0.777. The molecule has 2 saturated heterocycles. The summed E-state index contributed by atoms with van der Waals surface area (Å²) in [6.07, 6.45) is 3.20. The van der Waals surface area contributed by atoms with Gasteiger partial charge in [0.05, 0.1) is 5.54 Å². The lowest BCUT2D eigenvalue weighted by molar-refractivity contribution is -0.137. The highest BCUT2D eigenvalue weighted by Gasteiger charge is 2.39. The van der Waals surface area contributed by atoms with Crippen molar-refractivity contribution in [2.24, 2.45) is 0 Å². The van der Waals surface area contributed by atoms with Crippen LogP contribution in [0.1, 0.15) is 40.0 Å². The van der Waals surface area contributed by atoms with E-state index < -0.39 is 0 Å². The smallest absolute Gasteiger partial charge is 0.242 e. The highest BCUT2D eigenvalue weighted by Crippen LogP contribution is 2.32. The van der Waals surface area contributed by atoms with Crippen molar-refractivity contribution in [3.63, 3.8) is 0 Å². The Morgan fingerprint density at radius 3 is 2.65 bits per heavy atom. The summed E-state index contributed by atoms with van der Waals surface area (Å²) in [6.45, 7) is 9.42. The molecule has 3 nitrogen and oxygen atoms in total. The second kappa shape index (κ2) is 4.81. The number of rotatable bonds is 1. The van der Waals surface area contributed by atoms with Gasteiger partial charge in [-0.1, -0.05) is 13.8 Å². The molecular formula is C13H24N2OS. The molecule has 0 aliphatic carbocycles. The number of carbonyl (C=O) groups is 1. The minimum Gasteiger partial charge on any atom is -0.340 e. The first kappa shape index (κ1) is 13.2. The summed E-state index contributed by atoms with van der Waals surface area (Å²) in [4.78, 5) is 14.6. The summed E-state index contributed by atoms with van der Waals surface area (Å²) < 4.78 is 0.318. The van der Waals surface area contributed by atoms with Crippen LogP contribution in [0.2, 0.25) is 0 Å². The zero-order valence-corrected chi connectivity index (χ0v) is 12.0. The van der Waals surface area contributed by atoms with Crippen LogP contribution in [0.25, 0.3) is 0 Å². The monoisotopic (exact) mass is 256 g/mol. The lowest BCUT2D eigenvalue weighted by Crippen LogP contribution is -2.53. The zero-order chi connectivity index (χ0) is 12.5. The van der Waals surface area contributed by atoms with Crippen molar-refractivity contribution >= 4 is 17.7 Å². The van der Waals surface area contributed by atoms with Crippen LogP contribution in [-0.4, -0.2) is 46.5 Å². The lowest BCUT2D eigenvalue weighted by atomic mass is 9.98. The van der Waals surface area contributed by atoms with Gasteiger partial charge in [0.15, 0.2) is 0 Å². The number of hydrogen-bond acceptors (Lipinski definition) is 3. The van der Waals surface area contributed by atoms with E-state index in [0.29, 0.717) is 10.7 Å². The van der Waals surface area contributed by atoms with E-state index in [4.69, 9.17) is 0 Å². The number of carbonyl (C=O) groups excluding carboxylic acids is 1. The van der Waals surface area contributed by atoms with Crippen LogP contribution in [-0.2, 0) is 4.79 Å². The zero-order valence-electron chi connectivity index (χ0n) is 11.2. The van der Waals surface area contributed by atoms with E-state index in [9.17, 15) is 4.79 Å². The number of thioether (sulfide) groups is 1. The predicted molar refractivity (Wildman–Crippen MR) is 73.4 cm³/mol. The molecule has 2 rings (SSSR count). The van der Waals surface area contributed by atoms with Gasteiger partial charge in [0.1, 0.15) is 0 Å². The number of amides is 1. The molecule has 1 amide bonds. The molecule has 2 fully saturated rings. The molecule has 1 unspecified atom stereocenters. The summed E-state index contributed by atoms with van der Waals surface area (Å²) in [5.74, 6) is 1.38. The minimum atomic E-state index is -0.293. The standard InChI is InChI=1S/C13H24N2OS/c1-12(2)6-8-15(9-10-17-12)11(16)13(3)5-4-7-14-13/h14H,4-10H2,1-3H3. The molecule has 2 aliphatic rings. The van der Waals surface area contributed by atoms with Gasteiger partial charge in [0, 0.05) is 23.6 Å². The maximum Gasteiger partial charge on any atom is 0.242 e. The molecule has 2 heterocycles. The Labute approximate surface area is 109 Å². The van der Waals surface area contributed by atoms with Crippen LogP contribution >= 0.6 is 11.8 Å². The minimum absolute atomic E-state index is 0.293. The first-order valence-corrected chi connectivity index (χ1v) is 7.60. The first-order valence-electron chi connectivity index (χ1n) is 6.61. The van der Waals surface area contributed by atoms with Crippen LogP contribution < -0.4 is 5.32 Å². The SMILES string of the molecule is CC1(C)CCN(C(=O)C2(C)CCCN2)CCS1. The van der Waals surface area contributed by atoms with Gasteiger partial charge < -0.3 is 10.2 Å². The topological polar surface area (TPSA) is 32.3 Å². The molecule has 0 spiro atoms. The van der Waals surface area contributed by atoms with Crippen LogP contribution in [0.3, 0.4) is 0 Å². The molecule has 4 heteroatoms. The van der Waals surface area contributed by atoms with Gasteiger partial charge in [0.2, 0.25) is 5.91 Å². The van der Waals surface area contributed by atoms with Crippen molar-refractivity contribution in [1.29, 1.82) is 0 Å². The largest absolute Gasteiger partial charge is 0.340 e. The van der Waals surface area contributed by atoms with Crippen LogP contribution in [0, 0.1) is 0 Å². The Morgan fingerprint density at radius 1 is 1.24 bits per heavy atom. The highest BCUT2D eigenvalue weighted by atomic mass is 32.2. The normalized spacial score (nSPS) is 33.5. The summed E-state index contributed by atoms with van der Waals surface area (Å²) in [5.41, 5.74) is -0.293. The molecule has 0 bridgehead atoms. The van der Waals surface area contributed by atoms with Gasteiger partial charge in [-0.05, 0) is 32.7 Å². The Morgan fingerprint density at radius 2 is 2.00 bits per heavy atom. The van der Waals surface area contributed by atoms with Gasteiger partial charge in [-0.25, -0.2) is 0 Å². The molecule has 0 aromatic carbocycles. The summed E-state index contributed by atoms with van der Waals surface area (Å²) in [5, 5.41) is 3.37. The van der Waals surface area contributed by atoms with E-state index in [1.165, 1.54) is 0 Å². The van der Waals surface area contributed by atoms with E-state index in [0.717, 1.165) is 44.6 Å². The third-order valence-corrected chi connectivity index (χ3v) is 5.34. The van der Waals surface area contributed by atoms with Gasteiger partial charge in [0.25, 0.3) is 0 Å². The molecule has 0 saturated carbocycles. The summed E-state index contributed by atoms with van der Waals surface area (Å²) in [6, 6.07) is 0. The highest BCUT2D eigenvalue weighted by molar-refractivity contribution is 8.00. The van der Waals surface area contributed by atoms with Crippen molar-refractivity contribution in [3.05, 3.63) is 0 Å². The molecular weight excluding hydrogens is 232 g/mol. The van der Waals surface area contributed by atoms with Crippen molar-refractivity contribution in [3.8, 4) is 0 Å². The second-order valence-corrected chi connectivity index (χ2v) is 7.81. The average Bonchev–Trinajstić information content (AvgIpc) is 2.62. The Kier molecular flexibility index (Phi) is 3.74. The maximum absolute atomic E-state index is 12.5. The number of nitrogens with one attached hydrogen (secondary N) is 1. The Bertz CT molecular complexity index is 298. The predicted octanol–water partition coefficient (Wildman–Crippen LogP) is 1.87. The van der Waals surface area contributed by atoms with Gasteiger partial charge >= 0.3 is 0 Å². The molecule has 0 aromatic heterocycles. The van der Waals surface area contributed by atoms with Gasteiger partial charge in [-0.2, -0.15) is 11.8 Å². The fourth-order valence-electron chi connectivity index (χ4n) is 2.65. The van der Waals surface area contributed by atoms with Gasteiger partial charge in [-0.3, -0.25) is 4.79 Å². The van der Waals surface area contributed by atoms with Crippen molar-refractivity contribution in [2.45, 2.75) is 50.3 Å². The van der Waals surface area contributed by atoms with E-state index in [1.54, 1.807) is 0 Å². The Hall–Kier alpha value is -0.220. The lowest BCUT2D eigenvalue weighted by Gasteiger charge is -2.31. The second-order valence-electron chi connectivity index (χ2n) is 6.01.